The van der Waals surface area contributed by atoms with Crippen molar-refractivity contribution < 1.29 is 9.47 Å². The van der Waals surface area contributed by atoms with Crippen molar-refractivity contribution in [3.63, 3.8) is 0 Å². The van der Waals surface area contributed by atoms with E-state index in [1.54, 1.807) is 13.2 Å². The van der Waals surface area contributed by atoms with Gasteiger partial charge in [0.15, 0.2) is 11.5 Å². The molecule has 1 aliphatic rings. The Bertz CT molecular complexity index is 454. The molecule has 5 heteroatoms. The number of amidine groups is 1. The Hall–Kier alpha value is -1.75. The highest BCUT2D eigenvalue weighted by molar-refractivity contribution is 5.98. The number of ether oxygens (including phenoxy) is 2. The first-order valence-electron chi connectivity index (χ1n) is 6.48. The van der Waals surface area contributed by atoms with Crippen molar-refractivity contribution >= 4 is 5.84 Å². The number of hydrogen-bond acceptors (Lipinski definition) is 4. The van der Waals surface area contributed by atoms with Crippen molar-refractivity contribution in [3.8, 4) is 11.5 Å². The van der Waals surface area contributed by atoms with E-state index in [0.29, 0.717) is 17.1 Å². The molecule has 1 aliphatic heterocycles. The molecule has 0 bridgehead atoms. The maximum atomic E-state index is 7.63. The Labute approximate surface area is 113 Å². The number of likely N-dealkylation sites (tertiary alicyclic amines) is 1. The van der Waals surface area contributed by atoms with Crippen LogP contribution in [-0.4, -0.2) is 44.1 Å². The van der Waals surface area contributed by atoms with E-state index < -0.39 is 0 Å². The third-order valence-corrected chi connectivity index (χ3v) is 3.44. The number of nitrogen functional groups attached to an aromatic ring is 1. The molecule has 0 aromatic heterocycles. The summed E-state index contributed by atoms with van der Waals surface area (Å²) in [5, 5.41) is 7.63. The van der Waals surface area contributed by atoms with E-state index in [9.17, 15) is 0 Å². The van der Waals surface area contributed by atoms with Crippen LogP contribution >= 0.6 is 0 Å². The number of nitrogens with one attached hydrogen (secondary N) is 1. The first-order valence-corrected chi connectivity index (χ1v) is 6.48. The first-order chi connectivity index (χ1) is 9.11. The van der Waals surface area contributed by atoms with Gasteiger partial charge in [-0.05, 0) is 32.0 Å². The number of piperidine rings is 1. The van der Waals surface area contributed by atoms with Crippen molar-refractivity contribution in [1.29, 1.82) is 5.41 Å². The van der Waals surface area contributed by atoms with Gasteiger partial charge in [-0.1, -0.05) is 6.07 Å². The molecule has 1 saturated heterocycles. The number of benzene rings is 1. The molecule has 19 heavy (non-hydrogen) atoms. The average Bonchev–Trinajstić information content (AvgIpc) is 2.41. The van der Waals surface area contributed by atoms with Crippen LogP contribution in [0.4, 0.5) is 0 Å². The van der Waals surface area contributed by atoms with Crippen molar-refractivity contribution in [2.75, 3.05) is 27.2 Å². The summed E-state index contributed by atoms with van der Waals surface area (Å²) in [6.07, 6.45) is 2.11. The molecule has 1 aromatic carbocycles. The molecule has 3 N–H and O–H groups in total. The molecule has 104 valence electrons. The van der Waals surface area contributed by atoms with Gasteiger partial charge in [0.05, 0.1) is 12.7 Å². The van der Waals surface area contributed by atoms with Crippen LogP contribution in [0.3, 0.4) is 0 Å². The summed E-state index contributed by atoms with van der Waals surface area (Å²) in [5.41, 5.74) is 6.20. The van der Waals surface area contributed by atoms with Gasteiger partial charge in [-0.25, -0.2) is 0 Å². The third kappa shape index (κ3) is 3.17. The number of rotatable bonds is 4. The fourth-order valence-corrected chi connectivity index (χ4v) is 2.28. The van der Waals surface area contributed by atoms with E-state index >= 15 is 0 Å². The molecule has 0 radical (unpaired) electrons. The fourth-order valence-electron chi connectivity index (χ4n) is 2.28. The summed E-state index contributed by atoms with van der Waals surface area (Å²) in [6.45, 7) is 2.05. The summed E-state index contributed by atoms with van der Waals surface area (Å²) >= 11 is 0. The van der Waals surface area contributed by atoms with Gasteiger partial charge in [0.25, 0.3) is 0 Å². The lowest BCUT2D eigenvalue weighted by Gasteiger charge is -2.30. The van der Waals surface area contributed by atoms with Crippen LogP contribution in [-0.2, 0) is 0 Å². The maximum absolute atomic E-state index is 7.63. The molecule has 5 nitrogen and oxygen atoms in total. The highest BCUT2D eigenvalue weighted by Gasteiger charge is 2.21. The molecule has 1 fully saturated rings. The summed E-state index contributed by atoms with van der Waals surface area (Å²) in [6, 6.07) is 5.43. The number of hydrogen-bond donors (Lipinski definition) is 2. The van der Waals surface area contributed by atoms with Crippen LogP contribution < -0.4 is 15.2 Å². The smallest absolute Gasteiger partial charge is 0.172 e. The van der Waals surface area contributed by atoms with Gasteiger partial charge in [-0.15, -0.1) is 0 Å². The molecule has 0 spiro atoms. The summed E-state index contributed by atoms with van der Waals surface area (Å²) in [5.74, 6) is 1.22. The highest BCUT2D eigenvalue weighted by atomic mass is 16.5. The van der Waals surface area contributed by atoms with Gasteiger partial charge in [-0.2, -0.15) is 0 Å². The normalized spacial score (nSPS) is 17.2. The van der Waals surface area contributed by atoms with Crippen LogP contribution in [0, 0.1) is 5.41 Å². The van der Waals surface area contributed by atoms with Gasteiger partial charge in [-0.3, -0.25) is 5.41 Å². The van der Waals surface area contributed by atoms with Crippen LogP contribution in [0.1, 0.15) is 18.4 Å². The number of para-hydroxylation sites is 1. The first kappa shape index (κ1) is 13.7. The molecule has 0 aliphatic carbocycles. The number of methoxy groups -OCH3 is 1. The molecule has 0 saturated carbocycles. The van der Waals surface area contributed by atoms with Crippen molar-refractivity contribution in [3.05, 3.63) is 23.8 Å². The second-order valence-corrected chi connectivity index (χ2v) is 4.87. The Morgan fingerprint density at radius 3 is 2.63 bits per heavy atom. The molecule has 0 amide bonds. The van der Waals surface area contributed by atoms with Crippen LogP contribution in [0.5, 0.6) is 11.5 Å². The largest absolute Gasteiger partial charge is 0.493 e. The Morgan fingerprint density at radius 2 is 2.05 bits per heavy atom. The summed E-state index contributed by atoms with van der Waals surface area (Å²) in [7, 11) is 3.71. The molecule has 0 atom stereocenters. The minimum atomic E-state index is 0.00169. The van der Waals surface area contributed by atoms with E-state index in [0.717, 1.165) is 25.9 Å². The second kappa shape index (κ2) is 5.93. The van der Waals surface area contributed by atoms with E-state index in [2.05, 4.69) is 11.9 Å². The molecule has 1 heterocycles. The van der Waals surface area contributed by atoms with Crippen LogP contribution in [0.2, 0.25) is 0 Å². The van der Waals surface area contributed by atoms with E-state index in [4.69, 9.17) is 20.6 Å². The van der Waals surface area contributed by atoms with Crippen molar-refractivity contribution in [2.24, 2.45) is 5.73 Å². The monoisotopic (exact) mass is 263 g/mol. The lowest BCUT2D eigenvalue weighted by atomic mass is 10.1. The standard InChI is InChI=1S/C14H21N3O2/c1-17-8-6-10(7-9-17)19-13-11(14(15)16)4-3-5-12(13)18-2/h3-5,10H,6-9H2,1-2H3,(H3,15,16). The van der Waals surface area contributed by atoms with Crippen LogP contribution in [0.15, 0.2) is 18.2 Å². The maximum Gasteiger partial charge on any atom is 0.172 e. The predicted molar refractivity (Wildman–Crippen MR) is 75.2 cm³/mol. The second-order valence-electron chi connectivity index (χ2n) is 4.87. The lowest BCUT2D eigenvalue weighted by molar-refractivity contribution is 0.111. The summed E-state index contributed by atoms with van der Waals surface area (Å²) in [4.78, 5) is 2.29. The third-order valence-electron chi connectivity index (χ3n) is 3.44. The molecule has 1 aromatic rings. The fraction of sp³-hybridized carbons (Fsp3) is 0.500. The predicted octanol–water partition coefficient (Wildman–Crippen LogP) is 1.45. The van der Waals surface area contributed by atoms with Gasteiger partial charge in [0, 0.05) is 13.1 Å². The minimum absolute atomic E-state index is 0.00169. The zero-order valence-electron chi connectivity index (χ0n) is 11.5. The lowest BCUT2D eigenvalue weighted by Crippen LogP contribution is -2.36. The minimum Gasteiger partial charge on any atom is -0.493 e. The van der Waals surface area contributed by atoms with Gasteiger partial charge in [0.2, 0.25) is 0 Å². The number of nitrogens with two attached hydrogens (primary N) is 1. The van der Waals surface area contributed by atoms with Crippen molar-refractivity contribution in [2.45, 2.75) is 18.9 Å². The zero-order chi connectivity index (χ0) is 13.8. The van der Waals surface area contributed by atoms with Crippen LogP contribution in [0.25, 0.3) is 0 Å². The SMILES string of the molecule is COc1cccc(C(=N)N)c1OC1CCN(C)CC1. The Kier molecular flexibility index (Phi) is 4.27. The van der Waals surface area contributed by atoms with Gasteiger partial charge < -0.3 is 20.1 Å². The Morgan fingerprint density at radius 1 is 1.37 bits per heavy atom. The molecule has 2 rings (SSSR count). The number of nitrogens with zero attached hydrogens (tertiary/aromatic N) is 1. The van der Waals surface area contributed by atoms with Crippen molar-refractivity contribution in [1.82, 2.24) is 4.90 Å². The van der Waals surface area contributed by atoms with Gasteiger partial charge in [0.1, 0.15) is 11.9 Å². The molecular weight excluding hydrogens is 242 g/mol. The van der Waals surface area contributed by atoms with E-state index in [1.807, 2.05) is 12.1 Å². The molecular formula is C14H21N3O2. The zero-order valence-corrected chi connectivity index (χ0v) is 11.5. The summed E-state index contributed by atoms with van der Waals surface area (Å²) < 4.78 is 11.4. The van der Waals surface area contributed by atoms with E-state index in [1.165, 1.54) is 0 Å². The topological polar surface area (TPSA) is 71.6 Å². The van der Waals surface area contributed by atoms with Gasteiger partial charge >= 0.3 is 0 Å². The average molecular weight is 263 g/mol. The Balaban J connectivity index is 2.20. The molecule has 0 unspecified atom stereocenters. The quantitative estimate of drug-likeness (QED) is 0.637. The highest BCUT2D eigenvalue weighted by Crippen LogP contribution is 2.33. The van der Waals surface area contributed by atoms with E-state index in [-0.39, 0.29) is 11.9 Å².